The second kappa shape index (κ2) is 23.8. The van der Waals surface area contributed by atoms with Gasteiger partial charge in [0.1, 0.15) is 24.9 Å². The summed E-state index contributed by atoms with van der Waals surface area (Å²) in [5.74, 6) is 1.11. The second-order valence-electron chi connectivity index (χ2n) is 15.0. The van der Waals surface area contributed by atoms with Crippen LogP contribution in [0.3, 0.4) is 0 Å². The molecule has 2 amide bonds. The van der Waals surface area contributed by atoms with E-state index in [9.17, 15) is 19.2 Å². The second-order valence-corrected chi connectivity index (χ2v) is 19.2. The summed E-state index contributed by atoms with van der Waals surface area (Å²) in [6.45, 7) is -0.125. The summed E-state index contributed by atoms with van der Waals surface area (Å²) >= 11 is 26.0. The number of rotatable bonds is 19. The number of amides is 2. The van der Waals surface area contributed by atoms with Crippen molar-refractivity contribution in [2.75, 3.05) is 0 Å². The summed E-state index contributed by atoms with van der Waals surface area (Å²) in [4.78, 5) is 54.2. The Morgan fingerprint density at radius 3 is 1.23 bits per heavy atom. The molecular weight excluding hydrogens is 1010 g/mol. The number of hydrogen-bond acceptors (Lipinski definition) is 12. The van der Waals surface area contributed by atoms with Crippen molar-refractivity contribution in [1.82, 2.24) is 40.2 Å². The van der Waals surface area contributed by atoms with Crippen molar-refractivity contribution in [3.63, 3.8) is 0 Å². The van der Waals surface area contributed by atoms with Crippen LogP contribution in [0.15, 0.2) is 146 Å². The van der Waals surface area contributed by atoms with Crippen LogP contribution in [0.5, 0.6) is 0 Å². The van der Waals surface area contributed by atoms with Gasteiger partial charge >= 0.3 is 12.2 Å². The zero-order chi connectivity index (χ0) is 49.0. The fourth-order valence-corrected chi connectivity index (χ4v) is 9.74. The maximum atomic E-state index is 14.2. The van der Waals surface area contributed by atoms with Crippen molar-refractivity contribution in [3.05, 3.63) is 222 Å². The molecule has 70 heavy (non-hydrogen) atoms. The minimum absolute atomic E-state index is 0.0518. The molecule has 0 atom stereocenters. The molecule has 354 valence electrons. The Balaban J connectivity index is 1.07. The van der Waals surface area contributed by atoms with Gasteiger partial charge in [-0.2, -0.15) is 0 Å². The Morgan fingerprint density at radius 1 is 0.457 bits per heavy atom. The van der Waals surface area contributed by atoms with Crippen molar-refractivity contribution < 1.29 is 28.7 Å². The molecule has 8 aromatic rings. The van der Waals surface area contributed by atoms with Crippen LogP contribution in [-0.2, 0) is 47.3 Å². The summed E-state index contributed by atoms with van der Waals surface area (Å²) in [6.07, 6.45) is -1.37. The average Bonchev–Trinajstić information content (AvgIpc) is 3.98. The number of nitrogens with zero attached hydrogens (tertiary/aromatic N) is 6. The molecule has 0 radical (unpaired) electrons. The number of carbonyl (C=O) groups is 4. The fraction of sp³-hybridized carbons (Fsp3) is 0.120. The minimum atomic E-state index is -0.687. The first-order valence-electron chi connectivity index (χ1n) is 21.2. The van der Waals surface area contributed by atoms with Crippen molar-refractivity contribution in [1.29, 1.82) is 0 Å². The Hall–Kier alpha value is -6.66. The Bertz CT molecular complexity index is 2970. The molecule has 2 N–H and O–H groups in total. The van der Waals surface area contributed by atoms with Gasteiger partial charge in [0, 0.05) is 32.3 Å². The van der Waals surface area contributed by atoms with E-state index in [1.54, 1.807) is 94.1 Å². The number of nitrogens with one attached hydrogen (secondary N) is 2. The van der Waals surface area contributed by atoms with Gasteiger partial charge in [0.2, 0.25) is 0 Å². The van der Waals surface area contributed by atoms with E-state index >= 15 is 0 Å². The Morgan fingerprint density at radius 2 is 0.829 bits per heavy atom. The number of carbonyl (C=O) groups excluding carboxylic acids is 4. The molecule has 0 spiro atoms. The van der Waals surface area contributed by atoms with E-state index in [0.717, 1.165) is 11.1 Å². The number of ketones is 2. The van der Waals surface area contributed by atoms with Crippen molar-refractivity contribution >= 4 is 91.7 Å². The molecule has 0 aliphatic carbocycles. The SMILES string of the molecule is O=C(NCc1nnc(CSSCc2nnc(CNC(=O)OCc3ccccc3)n2-c2ccc(Cl)cc2C(=O)c2ccccc2Cl)n1-c1ccc(Cl)cc1C(=O)c1ccccc1Cl)OCc1ccccc1. The van der Waals surface area contributed by atoms with E-state index in [-0.39, 0.29) is 70.1 Å². The number of ether oxygens (including phenoxy) is 2. The fourth-order valence-electron chi connectivity index (χ4n) is 7.07. The lowest BCUT2D eigenvalue weighted by Gasteiger charge is -2.16. The smallest absolute Gasteiger partial charge is 0.407 e. The largest absolute Gasteiger partial charge is 0.445 e. The van der Waals surface area contributed by atoms with Crippen molar-refractivity contribution in [2.24, 2.45) is 0 Å². The first-order valence-corrected chi connectivity index (χ1v) is 25.2. The van der Waals surface area contributed by atoms with E-state index in [0.29, 0.717) is 44.7 Å². The third-order valence-electron chi connectivity index (χ3n) is 10.4. The van der Waals surface area contributed by atoms with Crippen LogP contribution in [0, 0.1) is 0 Å². The third-order valence-corrected chi connectivity index (χ3v) is 13.6. The van der Waals surface area contributed by atoms with E-state index in [1.165, 1.54) is 21.6 Å². The molecule has 0 aliphatic heterocycles. The molecule has 0 aliphatic rings. The first kappa shape index (κ1) is 49.8. The van der Waals surface area contributed by atoms with E-state index in [1.807, 2.05) is 60.7 Å². The first-order chi connectivity index (χ1) is 34.0. The van der Waals surface area contributed by atoms with E-state index < -0.39 is 23.8 Å². The van der Waals surface area contributed by atoms with Gasteiger partial charge in [-0.05, 0) is 71.8 Å². The minimum Gasteiger partial charge on any atom is -0.445 e. The van der Waals surface area contributed by atoms with Crippen LogP contribution in [0.25, 0.3) is 11.4 Å². The van der Waals surface area contributed by atoms with E-state index in [4.69, 9.17) is 55.9 Å². The standard InChI is InChI=1S/C50H38Cl4N8O6S2/c51-33-19-21-41(37(23-33)47(63)35-15-7-9-17-39(35)53)61-43(25-55-49(65)67-27-31-11-3-1-4-12-31)57-59-45(61)29-69-70-30-46-60-58-44(26-56-50(66)68-28-32-13-5-2-6-14-32)62(46)42-22-20-34(52)24-38(42)48(64)36-16-8-10-18-40(36)54/h1-24H,25-30H2,(H,55,65)(H,56,66). The zero-order valence-corrected chi connectivity index (χ0v) is 41.2. The van der Waals surface area contributed by atoms with Crippen LogP contribution < -0.4 is 10.6 Å². The summed E-state index contributed by atoms with van der Waals surface area (Å²) in [5.41, 5.74) is 3.37. The van der Waals surface area contributed by atoms with Gasteiger partial charge < -0.3 is 20.1 Å². The highest BCUT2D eigenvalue weighted by Crippen LogP contribution is 2.34. The highest BCUT2D eigenvalue weighted by atomic mass is 35.5. The van der Waals surface area contributed by atoms with Crippen molar-refractivity contribution in [2.45, 2.75) is 37.8 Å². The Labute approximate surface area is 429 Å². The molecule has 0 fully saturated rings. The van der Waals surface area contributed by atoms with E-state index in [2.05, 4.69) is 31.0 Å². The maximum absolute atomic E-state index is 14.2. The molecule has 0 saturated carbocycles. The van der Waals surface area contributed by atoms with Gasteiger partial charge in [-0.15, -0.1) is 20.4 Å². The quantitative estimate of drug-likeness (QED) is 0.0447. The monoisotopic (exact) mass is 1050 g/mol. The normalized spacial score (nSPS) is 11.0. The molecule has 14 nitrogen and oxygen atoms in total. The lowest BCUT2D eigenvalue weighted by atomic mass is 10.0. The van der Waals surface area contributed by atoms with Crippen LogP contribution >= 0.6 is 68.0 Å². The summed E-state index contributed by atoms with van der Waals surface area (Å²) < 4.78 is 14.3. The van der Waals surface area contributed by atoms with Crippen LogP contribution in [0.4, 0.5) is 9.59 Å². The molecule has 20 heteroatoms. The van der Waals surface area contributed by atoms with Gasteiger partial charge in [-0.1, -0.05) is 153 Å². The molecule has 0 saturated heterocycles. The molecule has 2 heterocycles. The average molecular weight is 1050 g/mol. The van der Waals surface area contributed by atoms with Crippen LogP contribution in [-0.4, -0.2) is 53.3 Å². The topological polar surface area (TPSA) is 172 Å². The van der Waals surface area contributed by atoms with Gasteiger partial charge in [-0.3, -0.25) is 18.7 Å². The molecular formula is C50H38Cl4N8O6S2. The highest BCUT2D eigenvalue weighted by Gasteiger charge is 2.26. The lowest BCUT2D eigenvalue weighted by Crippen LogP contribution is -2.26. The molecule has 2 aromatic heterocycles. The summed E-state index contributed by atoms with van der Waals surface area (Å²) in [6, 6.07) is 41.6. The molecule has 0 unspecified atom stereocenters. The molecule has 8 rings (SSSR count). The van der Waals surface area contributed by atoms with Gasteiger partial charge in [0.05, 0.1) is 46.0 Å². The zero-order valence-electron chi connectivity index (χ0n) is 36.6. The van der Waals surface area contributed by atoms with Gasteiger partial charge in [0.25, 0.3) is 0 Å². The molecule has 0 bridgehead atoms. The predicted molar refractivity (Wildman–Crippen MR) is 272 cm³/mol. The summed E-state index contributed by atoms with van der Waals surface area (Å²) in [7, 11) is 2.78. The third kappa shape index (κ3) is 12.4. The predicted octanol–water partition coefficient (Wildman–Crippen LogP) is 11.9. The number of halogens is 4. The number of hydrogen-bond donors (Lipinski definition) is 2. The summed E-state index contributed by atoms with van der Waals surface area (Å²) in [5, 5.41) is 24.5. The van der Waals surface area contributed by atoms with Crippen LogP contribution in [0.2, 0.25) is 20.1 Å². The maximum Gasteiger partial charge on any atom is 0.407 e. The molecule has 6 aromatic carbocycles. The lowest BCUT2D eigenvalue weighted by molar-refractivity contribution is 0.103. The van der Waals surface area contributed by atoms with Gasteiger partial charge in [0.15, 0.2) is 23.2 Å². The number of aromatic nitrogens is 6. The highest BCUT2D eigenvalue weighted by molar-refractivity contribution is 8.76. The number of alkyl carbamates (subject to hydrolysis) is 2. The van der Waals surface area contributed by atoms with Crippen molar-refractivity contribution in [3.8, 4) is 11.4 Å². The Kier molecular flexibility index (Phi) is 16.9. The van der Waals surface area contributed by atoms with Crippen LogP contribution in [0.1, 0.15) is 66.3 Å². The van der Waals surface area contributed by atoms with Gasteiger partial charge in [-0.25, -0.2) is 9.59 Å². The number of benzene rings is 6.